The third-order valence-electron chi connectivity index (χ3n) is 4.26. The fourth-order valence-corrected chi connectivity index (χ4v) is 3.22. The van der Waals surface area contributed by atoms with E-state index in [1.807, 2.05) is 19.1 Å². The summed E-state index contributed by atoms with van der Waals surface area (Å²) in [7, 11) is 0. The summed E-state index contributed by atoms with van der Waals surface area (Å²) in [5, 5.41) is 12.0. The molecule has 0 radical (unpaired) electrons. The van der Waals surface area contributed by atoms with E-state index < -0.39 is 0 Å². The molecule has 0 saturated carbocycles. The molecular weight excluding hydrogens is 238 g/mol. The maximum Gasteiger partial charge on any atom is 0.225 e. The quantitative estimate of drug-likeness (QED) is 0.829. The highest BCUT2D eigenvalue weighted by Crippen LogP contribution is 2.32. The number of hydrogen-bond acceptors (Lipinski definition) is 3. The summed E-state index contributed by atoms with van der Waals surface area (Å²) in [5.74, 6) is 0.324. The summed E-state index contributed by atoms with van der Waals surface area (Å²) < 4.78 is 0. The first-order chi connectivity index (χ1) is 9.20. The maximum atomic E-state index is 11.8. The van der Waals surface area contributed by atoms with Crippen LogP contribution in [0.4, 0.5) is 5.69 Å². The number of nitrogens with zero attached hydrogens (tertiary/aromatic N) is 2. The monoisotopic (exact) mass is 255 g/mol. The summed E-state index contributed by atoms with van der Waals surface area (Å²) in [5.41, 5.74) is 2.85. The van der Waals surface area contributed by atoms with Gasteiger partial charge in [0.1, 0.15) is 0 Å². The standard InChI is InChI=1S/C15H17N3O/c1-10-7-12(5-4-11(10)8-16)18-6-2-3-13-14(18)9-17-15(13)19/h4-5,7,13-14H,2-3,6,9H2,1H3,(H,17,19). The molecule has 4 nitrogen and oxygen atoms in total. The van der Waals surface area contributed by atoms with Gasteiger partial charge in [-0.05, 0) is 43.5 Å². The zero-order valence-corrected chi connectivity index (χ0v) is 11.0. The topological polar surface area (TPSA) is 56.1 Å². The van der Waals surface area contributed by atoms with Crippen molar-refractivity contribution in [3.8, 4) is 6.07 Å². The van der Waals surface area contributed by atoms with Crippen LogP contribution in [0.1, 0.15) is 24.0 Å². The Labute approximate surface area is 113 Å². The number of piperidine rings is 1. The van der Waals surface area contributed by atoms with Crippen molar-refractivity contribution in [1.29, 1.82) is 5.26 Å². The van der Waals surface area contributed by atoms with Crippen molar-refractivity contribution in [2.75, 3.05) is 18.0 Å². The van der Waals surface area contributed by atoms with Crippen LogP contribution in [0.3, 0.4) is 0 Å². The molecule has 2 aliphatic rings. The Bertz CT molecular complexity index is 561. The lowest BCUT2D eigenvalue weighted by Crippen LogP contribution is -2.45. The Hall–Kier alpha value is -2.02. The van der Waals surface area contributed by atoms with Gasteiger partial charge < -0.3 is 10.2 Å². The lowest BCUT2D eigenvalue weighted by molar-refractivity contribution is -0.122. The summed E-state index contributed by atoms with van der Waals surface area (Å²) in [6, 6.07) is 8.40. The lowest BCUT2D eigenvalue weighted by Gasteiger charge is -2.37. The molecule has 1 N–H and O–H groups in total. The number of carbonyl (C=O) groups excluding carboxylic acids is 1. The molecule has 0 bridgehead atoms. The lowest BCUT2D eigenvalue weighted by atomic mass is 9.91. The number of hydrogen-bond donors (Lipinski definition) is 1. The molecule has 2 fully saturated rings. The average molecular weight is 255 g/mol. The fraction of sp³-hybridized carbons (Fsp3) is 0.467. The number of nitriles is 1. The summed E-state index contributed by atoms with van der Waals surface area (Å²) in [6.07, 6.45) is 2.04. The molecule has 0 aliphatic carbocycles. The van der Waals surface area contributed by atoms with Crippen LogP contribution in [0.2, 0.25) is 0 Å². The highest BCUT2D eigenvalue weighted by atomic mass is 16.2. The van der Waals surface area contributed by atoms with E-state index in [-0.39, 0.29) is 17.9 Å². The van der Waals surface area contributed by atoms with Gasteiger partial charge in [0.05, 0.1) is 23.6 Å². The van der Waals surface area contributed by atoms with Crippen molar-refractivity contribution in [3.05, 3.63) is 29.3 Å². The molecule has 0 aromatic heterocycles. The van der Waals surface area contributed by atoms with Crippen molar-refractivity contribution in [2.24, 2.45) is 5.92 Å². The molecule has 2 unspecified atom stereocenters. The zero-order valence-electron chi connectivity index (χ0n) is 11.0. The second kappa shape index (κ2) is 4.58. The first-order valence-electron chi connectivity index (χ1n) is 6.76. The molecule has 19 heavy (non-hydrogen) atoms. The van der Waals surface area contributed by atoms with Crippen molar-refractivity contribution >= 4 is 11.6 Å². The Balaban J connectivity index is 1.91. The number of aryl methyl sites for hydroxylation is 1. The summed E-state index contributed by atoms with van der Waals surface area (Å²) >= 11 is 0. The molecule has 2 atom stereocenters. The highest BCUT2D eigenvalue weighted by molar-refractivity contribution is 5.83. The average Bonchev–Trinajstić information content (AvgIpc) is 2.80. The highest BCUT2D eigenvalue weighted by Gasteiger charge is 2.40. The second-order valence-corrected chi connectivity index (χ2v) is 5.37. The van der Waals surface area contributed by atoms with Gasteiger partial charge in [0.15, 0.2) is 0 Å². The molecule has 4 heteroatoms. The van der Waals surface area contributed by atoms with Gasteiger partial charge in [0, 0.05) is 18.8 Å². The van der Waals surface area contributed by atoms with E-state index in [4.69, 9.17) is 5.26 Å². The molecule has 1 aromatic carbocycles. The molecular formula is C15H17N3O. The summed E-state index contributed by atoms with van der Waals surface area (Å²) in [6.45, 7) is 3.69. The minimum atomic E-state index is 0.129. The first kappa shape index (κ1) is 12.0. The van der Waals surface area contributed by atoms with Crippen LogP contribution < -0.4 is 10.2 Å². The largest absolute Gasteiger partial charge is 0.366 e. The number of rotatable bonds is 1. The smallest absolute Gasteiger partial charge is 0.225 e. The van der Waals surface area contributed by atoms with Crippen LogP contribution in [-0.4, -0.2) is 25.0 Å². The van der Waals surface area contributed by atoms with E-state index in [0.29, 0.717) is 0 Å². The number of benzene rings is 1. The van der Waals surface area contributed by atoms with Crippen molar-refractivity contribution in [3.63, 3.8) is 0 Å². The molecule has 2 aliphatic heterocycles. The molecule has 1 amide bonds. The third kappa shape index (κ3) is 1.95. The van der Waals surface area contributed by atoms with Gasteiger partial charge >= 0.3 is 0 Å². The van der Waals surface area contributed by atoms with Crippen molar-refractivity contribution in [2.45, 2.75) is 25.8 Å². The molecule has 98 valence electrons. The Morgan fingerprint density at radius 2 is 2.32 bits per heavy atom. The molecule has 0 spiro atoms. The Kier molecular flexibility index (Phi) is 2.90. The number of carbonyl (C=O) groups is 1. The van der Waals surface area contributed by atoms with Gasteiger partial charge in [-0.2, -0.15) is 5.26 Å². The third-order valence-corrected chi connectivity index (χ3v) is 4.26. The first-order valence-corrected chi connectivity index (χ1v) is 6.76. The Morgan fingerprint density at radius 3 is 3.05 bits per heavy atom. The SMILES string of the molecule is Cc1cc(N2CCCC3C(=O)NCC32)ccc1C#N. The number of nitrogens with one attached hydrogen (secondary N) is 1. The molecule has 3 rings (SSSR count). The van der Waals surface area contributed by atoms with Crippen LogP contribution in [-0.2, 0) is 4.79 Å². The molecule has 2 saturated heterocycles. The van der Waals surface area contributed by atoms with Crippen molar-refractivity contribution in [1.82, 2.24) is 5.32 Å². The van der Waals surface area contributed by atoms with Gasteiger partial charge in [0.25, 0.3) is 0 Å². The van der Waals surface area contributed by atoms with Gasteiger partial charge in [-0.1, -0.05) is 0 Å². The zero-order chi connectivity index (χ0) is 13.4. The summed E-state index contributed by atoms with van der Waals surface area (Å²) in [4.78, 5) is 14.1. The van der Waals surface area contributed by atoms with Crippen LogP contribution in [0.5, 0.6) is 0 Å². The van der Waals surface area contributed by atoms with Gasteiger partial charge in [-0.25, -0.2) is 0 Å². The van der Waals surface area contributed by atoms with Gasteiger partial charge in [0.2, 0.25) is 5.91 Å². The van der Waals surface area contributed by atoms with E-state index in [9.17, 15) is 4.79 Å². The number of amides is 1. The van der Waals surface area contributed by atoms with E-state index in [2.05, 4.69) is 22.4 Å². The minimum absolute atomic E-state index is 0.129. The predicted molar refractivity (Wildman–Crippen MR) is 72.8 cm³/mol. The fourth-order valence-electron chi connectivity index (χ4n) is 3.22. The van der Waals surface area contributed by atoms with Crippen LogP contribution in [0.15, 0.2) is 18.2 Å². The van der Waals surface area contributed by atoms with E-state index in [0.717, 1.165) is 42.7 Å². The van der Waals surface area contributed by atoms with Gasteiger partial charge in [-0.3, -0.25) is 4.79 Å². The number of fused-ring (bicyclic) bond motifs is 1. The van der Waals surface area contributed by atoms with Crippen LogP contribution in [0, 0.1) is 24.2 Å². The number of anilines is 1. The second-order valence-electron chi connectivity index (χ2n) is 5.37. The van der Waals surface area contributed by atoms with E-state index >= 15 is 0 Å². The normalized spacial score (nSPS) is 25.7. The Morgan fingerprint density at radius 1 is 1.47 bits per heavy atom. The van der Waals surface area contributed by atoms with Crippen molar-refractivity contribution < 1.29 is 4.79 Å². The van der Waals surface area contributed by atoms with Gasteiger partial charge in [-0.15, -0.1) is 0 Å². The van der Waals surface area contributed by atoms with E-state index in [1.165, 1.54) is 0 Å². The maximum absolute atomic E-state index is 11.8. The molecule has 2 heterocycles. The minimum Gasteiger partial charge on any atom is -0.366 e. The van der Waals surface area contributed by atoms with Crippen LogP contribution >= 0.6 is 0 Å². The molecule has 1 aromatic rings. The van der Waals surface area contributed by atoms with Crippen LogP contribution in [0.25, 0.3) is 0 Å². The predicted octanol–water partition coefficient (Wildman–Crippen LogP) is 1.58. The van der Waals surface area contributed by atoms with E-state index in [1.54, 1.807) is 0 Å².